The summed E-state index contributed by atoms with van der Waals surface area (Å²) in [6.07, 6.45) is 2.20. The average Bonchev–Trinajstić information content (AvgIpc) is 3.10. The van der Waals surface area contributed by atoms with Gasteiger partial charge in [0.1, 0.15) is 5.82 Å². The molecule has 0 unspecified atom stereocenters. The lowest BCUT2D eigenvalue weighted by atomic mass is 10.1. The second kappa shape index (κ2) is 4.00. The van der Waals surface area contributed by atoms with Gasteiger partial charge in [0.2, 0.25) is 0 Å². The van der Waals surface area contributed by atoms with Gasteiger partial charge in [-0.3, -0.25) is 0 Å². The van der Waals surface area contributed by atoms with Gasteiger partial charge in [0.15, 0.2) is 5.84 Å². The highest BCUT2D eigenvalue weighted by atomic mass is 19.1. The number of nitrogens with two attached hydrogens (primary N) is 1. The Labute approximate surface area is 93.2 Å². The third-order valence-corrected chi connectivity index (χ3v) is 2.83. The highest BCUT2D eigenvalue weighted by Gasteiger charge is 2.29. The molecule has 1 aliphatic carbocycles. The average molecular weight is 223 g/mol. The van der Waals surface area contributed by atoms with Crippen LogP contribution in [0.25, 0.3) is 0 Å². The van der Waals surface area contributed by atoms with E-state index < -0.39 is 5.82 Å². The lowest BCUT2D eigenvalue weighted by Gasteiger charge is -2.21. The van der Waals surface area contributed by atoms with E-state index >= 15 is 0 Å². The number of benzene rings is 1. The molecule has 1 fully saturated rings. The van der Waals surface area contributed by atoms with Gasteiger partial charge < -0.3 is 15.8 Å². The Bertz CT molecular complexity index is 429. The first-order chi connectivity index (χ1) is 7.65. The van der Waals surface area contributed by atoms with Gasteiger partial charge in [0.05, 0.1) is 11.3 Å². The second-order valence-corrected chi connectivity index (χ2v) is 3.96. The lowest BCUT2D eigenvalue weighted by molar-refractivity contribution is 0.318. The number of rotatable bonds is 3. The van der Waals surface area contributed by atoms with Crippen LogP contribution in [0.2, 0.25) is 0 Å². The fourth-order valence-corrected chi connectivity index (χ4v) is 1.77. The number of oxime groups is 1. The van der Waals surface area contributed by atoms with Crippen LogP contribution in [0.4, 0.5) is 10.1 Å². The van der Waals surface area contributed by atoms with E-state index in [0.717, 1.165) is 12.8 Å². The number of anilines is 1. The summed E-state index contributed by atoms with van der Waals surface area (Å²) < 4.78 is 13.6. The van der Waals surface area contributed by atoms with Crippen LogP contribution in [0, 0.1) is 5.82 Å². The minimum absolute atomic E-state index is 0.166. The van der Waals surface area contributed by atoms with Crippen molar-refractivity contribution in [2.45, 2.75) is 18.9 Å². The van der Waals surface area contributed by atoms with Crippen molar-refractivity contribution in [1.82, 2.24) is 0 Å². The van der Waals surface area contributed by atoms with Crippen molar-refractivity contribution in [3.63, 3.8) is 0 Å². The predicted octanol–water partition coefficient (Wildman–Crippen LogP) is 1.52. The Balaban J connectivity index is 2.46. The van der Waals surface area contributed by atoms with Gasteiger partial charge in [0.25, 0.3) is 0 Å². The monoisotopic (exact) mass is 223 g/mol. The molecule has 0 heterocycles. The summed E-state index contributed by atoms with van der Waals surface area (Å²) in [5.41, 5.74) is 6.32. The molecule has 86 valence electrons. The molecule has 0 atom stereocenters. The van der Waals surface area contributed by atoms with Gasteiger partial charge in [0, 0.05) is 13.1 Å². The van der Waals surface area contributed by atoms with Gasteiger partial charge in [-0.25, -0.2) is 4.39 Å². The summed E-state index contributed by atoms with van der Waals surface area (Å²) in [4.78, 5) is 1.97. The second-order valence-electron chi connectivity index (χ2n) is 3.96. The highest BCUT2D eigenvalue weighted by molar-refractivity contribution is 6.02. The van der Waals surface area contributed by atoms with Gasteiger partial charge in [-0.1, -0.05) is 11.2 Å². The molecule has 0 bridgehead atoms. The number of nitrogens with zero attached hydrogens (tertiary/aromatic N) is 2. The molecular formula is C11H14FN3O. The van der Waals surface area contributed by atoms with Crippen LogP contribution < -0.4 is 10.6 Å². The minimum Gasteiger partial charge on any atom is -0.409 e. The molecule has 3 N–H and O–H groups in total. The van der Waals surface area contributed by atoms with E-state index in [1.807, 2.05) is 11.9 Å². The molecule has 0 spiro atoms. The quantitative estimate of drug-likeness (QED) is 0.353. The Morgan fingerprint density at radius 3 is 2.81 bits per heavy atom. The standard InChI is InChI=1S/C11H14FN3O/c1-15(7-5-6-7)9-4-2-3-8(12)10(9)11(13)14-16/h2-4,7,16H,5-6H2,1H3,(H2,13,14). The summed E-state index contributed by atoms with van der Waals surface area (Å²) >= 11 is 0. The summed E-state index contributed by atoms with van der Waals surface area (Å²) in [6.45, 7) is 0. The molecule has 16 heavy (non-hydrogen) atoms. The molecule has 0 radical (unpaired) electrons. The third kappa shape index (κ3) is 1.80. The predicted molar refractivity (Wildman–Crippen MR) is 60.3 cm³/mol. The Hall–Kier alpha value is -1.78. The van der Waals surface area contributed by atoms with E-state index in [1.54, 1.807) is 12.1 Å². The zero-order valence-corrected chi connectivity index (χ0v) is 9.02. The first-order valence-electron chi connectivity index (χ1n) is 5.14. The van der Waals surface area contributed by atoms with Crippen molar-refractivity contribution in [2.24, 2.45) is 10.9 Å². The van der Waals surface area contributed by atoms with Crippen LogP contribution in [0.5, 0.6) is 0 Å². The maximum absolute atomic E-state index is 13.6. The van der Waals surface area contributed by atoms with Gasteiger partial charge >= 0.3 is 0 Å². The Morgan fingerprint density at radius 1 is 1.56 bits per heavy atom. The fourth-order valence-electron chi connectivity index (χ4n) is 1.77. The van der Waals surface area contributed by atoms with E-state index in [1.165, 1.54) is 6.07 Å². The molecule has 1 saturated carbocycles. The first-order valence-corrected chi connectivity index (χ1v) is 5.14. The molecular weight excluding hydrogens is 209 g/mol. The summed E-state index contributed by atoms with van der Waals surface area (Å²) in [5.74, 6) is -0.666. The molecule has 1 aromatic rings. The number of amidine groups is 1. The molecule has 0 aromatic heterocycles. The largest absolute Gasteiger partial charge is 0.409 e. The SMILES string of the molecule is CN(c1cccc(F)c1C(N)=NO)C1CC1. The minimum atomic E-state index is -0.472. The van der Waals surface area contributed by atoms with Crippen LogP contribution in [0.3, 0.4) is 0 Å². The first kappa shape index (κ1) is 10.7. The Morgan fingerprint density at radius 2 is 2.25 bits per heavy atom. The van der Waals surface area contributed by atoms with Crippen molar-refractivity contribution in [1.29, 1.82) is 0 Å². The molecule has 4 nitrogen and oxygen atoms in total. The smallest absolute Gasteiger partial charge is 0.175 e. The number of halogens is 1. The van der Waals surface area contributed by atoms with Gasteiger partial charge in [-0.05, 0) is 25.0 Å². The summed E-state index contributed by atoms with van der Waals surface area (Å²) in [5, 5.41) is 11.5. The highest BCUT2D eigenvalue weighted by Crippen LogP contribution is 2.32. The van der Waals surface area contributed by atoms with Gasteiger partial charge in [-0.2, -0.15) is 0 Å². The molecule has 0 saturated heterocycles. The molecule has 5 heteroatoms. The number of hydrogen-bond donors (Lipinski definition) is 2. The maximum atomic E-state index is 13.6. The van der Waals surface area contributed by atoms with E-state index in [9.17, 15) is 4.39 Å². The van der Waals surface area contributed by atoms with Crippen molar-refractivity contribution < 1.29 is 9.60 Å². The fraction of sp³-hybridized carbons (Fsp3) is 0.364. The van der Waals surface area contributed by atoms with Crippen LogP contribution in [0.15, 0.2) is 23.4 Å². The zero-order chi connectivity index (χ0) is 11.7. The molecule has 0 amide bonds. The molecule has 1 aromatic carbocycles. The molecule has 0 aliphatic heterocycles. The Kier molecular flexibility index (Phi) is 2.68. The summed E-state index contributed by atoms with van der Waals surface area (Å²) in [7, 11) is 1.89. The molecule has 1 aliphatic rings. The van der Waals surface area contributed by atoms with E-state index in [0.29, 0.717) is 11.7 Å². The van der Waals surface area contributed by atoms with Crippen molar-refractivity contribution >= 4 is 11.5 Å². The zero-order valence-electron chi connectivity index (χ0n) is 9.02. The van der Waals surface area contributed by atoms with E-state index in [2.05, 4.69) is 5.16 Å². The topological polar surface area (TPSA) is 61.8 Å². The van der Waals surface area contributed by atoms with E-state index in [4.69, 9.17) is 10.9 Å². The number of hydrogen-bond acceptors (Lipinski definition) is 3. The van der Waals surface area contributed by atoms with Crippen LogP contribution in [-0.4, -0.2) is 24.1 Å². The molecule has 2 rings (SSSR count). The van der Waals surface area contributed by atoms with Crippen molar-refractivity contribution in [3.05, 3.63) is 29.6 Å². The van der Waals surface area contributed by atoms with Crippen LogP contribution in [0.1, 0.15) is 18.4 Å². The van der Waals surface area contributed by atoms with Crippen LogP contribution in [-0.2, 0) is 0 Å². The summed E-state index contributed by atoms with van der Waals surface area (Å²) in [6, 6.07) is 5.14. The van der Waals surface area contributed by atoms with Crippen molar-refractivity contribution in [2.75, 3.05) is 11.9 Å². The third-order valence-electron chi connectivity index (χ3n) is 2.83. The maximum Gasteiger partial charge on any atom is 0.175 e. The normalized spacial score (nSPS) is 16.2. The van der Waals surface area contributed by atoms with Gasteiger partial charge in [-0.15, -0.1) is 0 Å². The lowest BCUT2D eigenvalue weighted by Crippen LogP contribution is -2.25. The van der Waals surface area contributed by atoms with Crippen molar-refractivity contribution in [3.8, 4) is 0 Å². The van der Waals surface area contributed by atoms with Crippen LogP contribution >= 0.6 is 0 Å². The van der Waals surface area contributed by atoms with E-state index in [-0.39, 0.29) is 11.4 Å².